The highest BCUT2D eigenvalue weighted by molar-refractivity contribution is 7.21. The molecule has 4 rings (SSSR count). The van der Waals surface area contributed by atoms with Gasteiger partial charge >= 0.3 is 0 Å². The van der Waals surface area contributed by atoms with Crippen molar-refractivity contribution >= 4 is 21.7 Å². The second-order valence-electron chi connectivity index (χ2n) is 5.93. The molecule has 3 heteroatoms. The monoisotopic (exact) mass is 318 g/mol. The standard InChI is InChI=1S/C20H18N2S/c1-13-8-7-9-14(2)18(13)22-15(3)12-17-19(22)21-20(23-17)16-10-5-4-6-11-16/h4-12H,1-3H3. The van der Waals surface area contributed by atoms with Crippen LogP contribution in [0.3, 0.4) is 0 Å². The van der Waals surface area contributed by atoms with Crippen LogP contribution in [0.15, 0.2) is 54.6 Å². The number of aryl methyl sites for hydroxylation is 3. The molecule has 0 unspecified atom stereocenters. The molecule has 0 radical (unpaired) electrons. The minimum absolute atomic E-state index is 1.06. The van der Waals surface area contributed by atoms with E-state index in [9.17, 15) is 0 Å². The van der Waals surface area contributed by atoms with E-state index in [4.69, 9.17) is 4.98 Å². The number of rotatable bonds is 2. The van der Waals surface area contributed by atoms with Crippen molar-refractivity contribution in [1.29, 1.82) is 0 Å². The van der Waals surface area contributed by atoms with Crippen LogP contribution in [0.5, 0.6) is 0 Å². The third-order valence-corrected chi connectivity index (χ3v) is 5.26. The summed E-state index contributed by atoms with van der Waals surface area (Å²) in [6.07, 6.45) is 0. The highest BCUT2D eigenvalue weighted by Gasteiger charge is 2.16. The van der Waals surface area contributed by atoms with E-state index in [1.165, 1.54) is 32.8 Å². The van der Waals surface area contributed by atoms with E-state index in [1.807, 2.05) is 6.07 Å². The van der Waals surface area contributed by atoms with Gasteiger partial charge in [-0.3, -0.25) is 4.57 Å². The summed E-state index contributed by atoms with van der Waals surface area (Å²) < 4.78 is 3.53. The predicted octanol–water partition coefficient (Wildman–Crippen LogP) is 5.68. The molecule has 0 amide bonds. The lowest BCUT2D eigenvalue weighted by Gasteiger charge is -2.13. The largest absolute Gasteiger partial charge is 0.297 e. The summed E-state index contributed by atoms with van der Waals surface area (Å²) >= 11 is 1.76. The molecule has 0 N–H and O–H groups in total. The first-order valence-corrected chi connectivity index (χ1v) is 8.57. The van der Waals surface area contributed by atoms with Gasteiger partial charge in [0.1, 0.15) is 5.01 Å². The molecule has 0 atom stereocenters. The lowest BCUT2D eigenvalue weighted by molar-refractivity contribution is 1.01. The quantitative estimate of drug-likeness (QED) is 0.465. The van der Waals surface area contributed by atoms with Gasteiger partial charge in [0, 0.05) is 11.3 Å². The van der Waals surface area contributed by atoms with Crippen LogP contribution in [-0.4, -0.2) is 9.55 Å². The van der Waals surface area contributed by atoms with Crippen LogP contribution in [0.4, 0.5) is 0 Å². The van der Waals surface area contributed by atoms with E-state index in [-0.39, 0.29) is 0 Å². The minimum atomic E-state index is 1.06. The molecule has 2 heterocycles. The first-order chi connectivity index (χ1) is 11.1. The number of aromatic nitrogens is 2. The van der Waals surface area contributed by atoms with Crippen LogP contribution >= 0.6 is 11.3 Å². The number of benzene rings is 2. The lowest BCUT2D eigenvalue weighted by atomic mass is 10.1. The Hall–Kier alpha value is -2.39. The Kier molecular flexibility index (Phi) is 3.31. The van der Waals surface area contributed by atoms with E-state index < -0.39 is 0 Å². The van der Waals surface area contributed by atoms with E-state index >= 15 is 0 Å². The molecule has 0 spiro atoms. The van der Waals surface area contributed by atoms with Crippen LogP contribution < -0.4 is 0 Å². The Morgan fingerprint density at radius 3 is 2.26 bits per heavy atom. The first kappa shape index (κ1) is 14.2. The summed E-state index contributed by atoms with van der Waals surface area (Å²) in [5, 5.41) is 1.08. The van der Waals surface area contributed by atoms with Crippen molar-refractivity contribution in [3.63, 3.8) is 0 Å². The summed E-state index contributed by atoms with van der Waals surface area (Å²) in [4.78, 5) is 4.94. The molecule has 4 aromatic rings. The fraction of sp³-hybridized carbons (Fsp3) is 0.150. The van der Waals surface area contributed by atoms with Gasteiger partial charge in [-0.05, 0) is 38.0 Å². The normalized spacial score (nSPS) is 11.3. The summed E-state index contributed by atoms with van der Waals surface area (Å²) in [5.41, 5.74) is 7.28. The average Bonchev–Trinajstić information content (AvgIpc) is 3.07. The summed E-state index contributed by atoms with van der Waals surface area (Å²) in [7, 11) is 0. The molecular weight excluding hydrogens is 300 g/mol. The van der Waals surface area contributed by atoms with Gasteiger partial charge in [-0.1, -0.05) is 48.5 Å². The molecule has 0 bridgehead atoms. The van der Waals surface area contributed by atoms with E-state index in [0.717, 1.165) is 10.7 Å². The minimum Gasteiger partial charge on any atom is -0.297 e. The summed E-state index contributed by atoms with van der Waals surface area (Å²) in [6.45, 7) is 6.48. The lowest BCUT2D eigenvalue weighted by Crippen LogP contribution is -2.02. The number of fused-ring (bicyclic) bond motifs is 1. The second kappa shape index (κ2) is 5.36. The van der Waals surface area contributed by atoms with Crippen molar-refractivity contribution in [2.45, 2.75) is 20.8 Å². The van der Waals surface area contributed by atoms with Gasteiger partial charge in [-0.25, -0.2) is 4.98 Å². The Labute approximate surface area is 140 Å². The molecule has 0 aliphatic heterocycles. The van der Waals surface area contributed by atoms with Gasteiger partial charge in [0.05, 0.1) is 10.4 Å². The molecule has 0 aliphatic rings. The first-order valence-electron chi connectivity index (χ1n) is 7.76. The van der Waals surface area contributed by atoms with Crippen molar-refractivity contribution in [1.82, 2.24) is 9.55 Å². The number of para-hydroxylation sites is 1. The Morgan fingerprint density at radius 1 is 0.870 bits per heavy atom. The van der Waals surface area contributed by atoms with E-state index in [2.05, 4.69) is 73.9 Å². The molecule has 0 saturated carbocycles. The molecular formula is C20H18N2S. The molecule has 2 aromatic heterocycles. The second-order valence-corrected chi connectivity index (χ2v) is 6.97. The molecule has 0 fully saturated rings. The van der Waals surface area contributed by atoms with Gasteiger partial charge in [0.25, 0.3) is 0 Å². The number of hydrogen-bond acceptors (Lipinski definition) is 2. The number of thiazole rings is 1. The summed E-state index contributed by atoms with van der Waals surface area (Å²) in [5.74, 6) is 0. The van der Waals surface area contributed by atoms with Crippen molar-refractivity contribution < 1.29 is 0 Å². The van der Waals surface area contributed by atoms with Crippen molar-refractivity contribution in [2.24, 2.45) is 0 Å². The average molecular weight is 318 g/mol. The Bertz CT molecular complexity index is 973. The third kappa shape index (κ3) is 2.28. The highest BCUT2D eigenvalue weighted by Crippen LogP contribution is 2.35. The molecule has 0 saturated heterocycles. The molecule has 114 valence electrons. The SMILES string of the molecule is Cc1cccc(C)c1-n1c(C)cc2sc(-c3ccccc3)nc21. The molecule has 0 aliphatic carbocycles. The highest BCUT2D eigenvalue weighted by atomic mass is 32.1. The maximum Gasteiger partial charge on any atom is 0.156 e. The molecule has 2 aromatic carbocycles. The van der Waals surface area contributed by atoms with Crippen molar-refractivity contribution in [3.05, 3.63) is 71.4 Å². The van der Waals surface area contributed by atoms with E-state index in [0.29, 0.717) is 0 Å². The number of nitrogens with zero attached hydrogens (tertiary/aromatic N) is 2. The zero-order valence-electron chi connectivity index (χ0n) is 13.5. The van der Waals surface area contributed by atoms with Crippen LogP contribution in [0, 0.1) is 20.8 Å². The van der Waals surface area contributed by atoms with Crippen molar-refractivity contribution in [3.8, 4) is 16.3 Å². The van der Waals surface area contributed by atoms with Crippen LogP contribution in [0.2, 0.25) is 0 Å². The van der Waals surface area contributed by atoms with Gasteiger partial charge in [0.2, 0.25) is 0 Å². The van der Waals surface area contributed by atoms with Crippen LogP contribution in [-0.2, 0) is 0 Å². The maximum atomic E-state index is 4.94. The zero-order valence-corrected chi connectivity index (χ0v) is 14.3. The topological polar surface area (TPSA) is 17.8 Å². The summed E-state index contributed by atoms with van der Waals surface area (Å²) in [6, 6.07) is 19.1. The van der Waals surface area contributed by atoms with Crippen LogP contribution in [0.1, 0.15) is 16.8 Å². The Balaban J connectivity index is 1.97. The third-order valence-electron chi connectivity index (χ3n) is 4.22. The van der Waals surface area contributed by atoms with Crippen molar-refractivity contribution in [2.75, 3.05) is 0 Å². The maximum absolute atomic E-state index is 4.94. The predicted molar refractivity (Wildman–Crippen MR) is 98.6 cm³/mol. The molecule has 2 nitrogen and oxygen atoms in total. The van der Waals surface area contributed by atoms with E-state index in [1.54, 1.807) is 11.3 Å². The Morgan fingerprint density at radius 2 is 1.57 bits per heavy atom. The van der Waals surface area contributed by atoms with Gasteiger partial charge in [-0.15, -0.1) is 11.3 Å². The van der Waals surface area contributed by atoms with Gasteiger partial charge in [-0.2, -0.15) is 0 Å². The van der Waals surface area contributed by atoms with Gasteiger partial charge < -0.3 is 0 Å². The van der Waals surface area contributed by atoms with Crippen LogP contribution in [0.25, 0.3) is 26.6 Å². The fourth-order valence-corrected chi connectivity index (χ4v) is 4.20. The fourth-order valence-electron chi connectivity index (χ4n) is 3.14. The number of hydrogen-bond donors (Lipinski definition) is 0. The van der Waals surface area contributed by atoms with Gasteiger partial charge in [0.15, 0.2) is 5.65 Å². The zero-order chi connectivity index (χ0) is 16.0. The molecule has 23 heavy (non-hydrogen) atoms. The smallest absolute Gasteiger partial charge is 0.156 e.